The molecule has 2 heterocycles. The molecular formula is C24H23BrN4O. The van der Waals surface area contributed by atoms with Gasteiger partial charge >= 0.3 is 0 Å². The highest BCUT2D eigenvalue weighted by Gasteiger charge is 2.41. The Balaban J connectivity index is 1.56. The molecule has 0 bridgehead atoms. The van der Waals surface area contributed by atoms with Crippen molar-refractivity contribution in [1.82, 2.24) is 14.8 Å². The molecule has 4 aromatic rings. The van der Waals surface area contributed by atoms with Crippen molar-refractivity contribution in [1.29, 1.82) is 0 Å². The van der Waals surface area contributed by atoms with Crippen molar-refractivity contribution in [2.45, 2.75) is 38.3 Å². The summed E-state index contributed by atoms with van der Waals surface area (Å²) in [6, 6.07) is 18.6. The molecule has 2 aromatic heterocycles. The van der Waals surface area contributed by atoms with E-state index in [-0.39, 0.29) is 6.04 Å². The van der Waals surface area contributed by atoms with E-state index in [1.807, 2.05) is 42.8 Å². The van der Waals surface area contributed by atoms with Crippen LogP contribution in [0.5, 0.6) is 0 Å². The molecule has 1 saturated carbocycles. The lowest BCUT2D eigenvalue weighted by atomic mass is 9.77. The van der Waals surface area contributed by atoms with Crippen molar-refractivity contribution in [3.8, 4) is 22.5 Å². The number of anilines is 1. The van der Waals surface area contributed by atoms with E-state index in [9.17, 15) is 5.11 Å². The van der Waals surface area contributed by atoms with Crippen molar-refractivity contribution in [2.24, 2.45) is 0 Å². The molecule has 152 valence electrons. The Hall–Kier alpha value is -2.70. The molecule has 6 heteroatoms. The van der Waals surface area contributed by atoms with Crippen LogP contribution in [-0.2, 0) is 0 Å². The van der Waals surface area contributed by atoms with Crippen LogP contribution in [0.3, 0.4) is 0 Å². The van der Waals surface area contributed by atoms with Crippen molar-refractivity contribution >= 4 is 32.7 Å². The largest absolute Gasteiger partial charge is 0.390 e. The van der Waals surface area contributed by atoms with Crippen LogP contribution < -0.4 is 5.73 Å². The van der Waals surface area contributed by atoms with E-state index in [1.54, 1.807) is 0 Å². The summed E-state index contributed by atoms with van der Waals surface area (Å²) in [5.74, 6) is 0.667. The monoisotopic (exact) mass is 462 g/mol. The van der Waals surface area contributed by atoms with Crippen LogP contribution in [-0.4, -0.2) is 25.5 Å². The third-order valence-corrected chi connectivity index (χ3v) is 6.70. The van der Waals surface area contributed by atoms with E-state index >= 15 is 0 Å². The molecular weight excluding hydrogens is 440 g/mol. The first-order chi connectivity index (χ1) is 14.3. The van der Waals surface area contributed by atoms with Crippen molar-refractivity contribution in [3.63, 3.8) is 0 Å². The first-order valence-corrected chi connectivity index (χ1v) is 10.8. The number of nitrogens with two attached hydrogens (primary N) is 1. The van der Waals surface area contributed by atoms with Gasteiger partial charge < -0.3 is 10.8 Å². The topological polar surface area (TPSA) is 77.0 Å². The zero-order chi connectivity index (χ0) is 21.0. The average Bonchev–Trinajstić information content (AvgIpc) is 3.00. The summed E-state index contributed by atoms with van der Waals surface area (Å²) < 4.78 is 2.89. The van der Waals surface area contributed by atoms with Crippen LogP contribution in [0, 0.1) is 6.92 Å². The van der Waals surface area contributed by atoms with Crippen LogP contribution >= 0.6 is 15.9 Å². The fourth-order valence-electron chi connectivity index (χ4n) is 4.29. The van der Waals surface area contributed by atoms with Crippen molar-refractivity contribution in [3.05, 3.63) is 64.6 Å². The van der Waals surface area contributed by atoms with Crippen molar-refractivity contribution < 1.29 is 5.11 Å². The number of halogens is 1. The third kappa shape index (κ3) is 3.20. The molecule has 1 aliphatic rings. The van der Waals surface area contributed by atoms with Crippen LogP contribution in [0.25, 0.3) is 33.4 Å². The number of aliphatic hydroxyl groups is 1. The number of hydrogen-bond acceptors (Lipinski definition) is 4. The molecule has 0 radical (unpaired) electrons. The Kier molecular flexibility index (Phi) is 4.45. The molecule has 0 atom stereocenters. The summed E-state index contributed by atoms with van der Waals surface area (Å²) in [7, 11) is 0. The fraction of sp³-hybridized carbons (Fsp3) is 0.250. The number of aromatic nitrogens is 3. The standard InChI is InChI=1S/C24H23BrN4O/c1-14-22(28-29(23(14)26)17-12-24(2,30)13-17)16-8-7-15-9-10-20(27-21(15)11-16)18-5-3-4-6-19(18)25/h3-11,17,30H,12-13,26H2,1-2H3. The molecule has 30 heavy (non-hydrogen) atoms. The molecule has 5 rings (SSSR count). The van der Waals surface area contributed by atoms with E-state index in [4.69, 9.17) is 15.8 Å². The van der Waals surface area contributed by atoms with E-state index in [0.717, 1.165) is 43.5 Å². The second-order valence-corrected chi connectivity index (χ2v) is 9.30. The quantitative estimate of drug-likeness (QED) is 0.421. The number of hydrogen-bond donors (Lipinski definition) is 2. The second kappa shape index (κ2) is 6.93. The van der Waals surface area contributed by atoms with E-state index in [1.165, 1.54) is 0 Å². The van der Waals surface area contributed by atoms with Gasteiger partial charge in [0, 0.05) is 26.5 Å². The number of nitrogens with zero attached hydrogens (tertiary/aromatic N) is 3. The Morgan fingerprint density at radius 2 is 1.87 bits per heavy atom. The maximum atomic E-state index is 10.1. The zero-order valence-corrected chi connectivity index (χ0v) is 18.5. The molecule has 5 nitrogen and oxygen atoms in total. The molecule has 0 spiro atoms. The highest BCUT2D eigenvalue weighted by atomic mass is 79.9. The van der Waals surface area contributed by atoms with Gasteiger partial charge in [-0.1, -0.05) is 52.3 Å². The van der Waals surface area contributed by atoms with Crippen LogP contribution in [0.15, 0.2) is 59.1 Å². The van der Waals surface area contributed by atoms with Gasteiger partial charge in [-0.3, -0.25) is 0 Å². The van der Waals surface area contributed by atoms with Crippen LogP contribution in [0.2, 0.25) is 0 Å². The number of benzene rings is 2. The highest BCUT2D eigenvalue weighted by molar-refractivity contribution is 9.10. The summed E-state index contributed by atoms with van der Waals surface area (Å²) in [6.07, 6.45) is 1.35. The Morgan fingerprint density at radius 1 is 1.13 bits per heavy atom. The predicted octanol–water partition coefficient (Wildman–Crippen LogP) is 5.50. The number of fused-ring (bicyclic) bond motifs is 1. The van der Waals surface area contributed by atoms with Gasteiger partial charge in [0.05, 0.1) is 28.5 Å². The minimum Gasteiger partial charge on any atom is -0.390 e. The molecule has 3 N–H and O–H groups in total. The van der Waals surface area contributed by atoms with E-state index in [0.29, 0.717) is 18.7 Å². The first-order valence-electron chi connectivity index (χ1n) is 10.1. The third-order valence-electron chi connectivity index (χ3n) is 6.01. The van der Waals surface area contributed by atoms with E-state index in [2.05, 4.69) is 46.3 Å². The van der Waals surface area contributed by atoms with Gasteiger partial charge in [-0.25, -0.2) is 9.67 Å². The summed E-state index contributed by atoms with van der Waals surface area (Å²) in [4.78, 5) is 4.90. The molecule has 0 unspecified atom stereocenters. The normalized spacial score (nSPS) is 21.0. The SMILES string of the molecule is Cc1c(-c2ccc3ccc(-c4ccccc4Br)nc3c2)nn(C2CC(C)(O)C2)c1N. The lowest BCUT2D eigenvalue weighted by Crippen LogP contribution is -2.42. The summed E-state index contributed by atoms with van der Waals surface area (Å²) in [5, 5.41) is 16.0. The van der Waals surface area contributed by atoms with Gasteiger partial charge in [0.15, 0.2) is 0 Å². The van der Waals surface area contributed by atoms with Crippen LogP contribution in [0.1, 0.15) is 31.4 Å². The molecule has 0 aliphatic heterocycles. The van der Waals surface area contributed by atoms with Crippen LogP contribution in [0.4, 0.5) is 5.82 Å². The lowest BCUT2D eigenvalue weighted by Gasteiger charge is -2.41. The Morgan fingerprint density at radius 3 is 2.60 bits per heavy atom. The van der Waals surface area contributed by atoms with E-state index < -0.39 is 5.60 Å². The highest BCUT2D eigenvalue weighted by Crippen LogP contribution is 2.43. The van der Waals surface area contributed by atoms with Crippen molar-refractivity contribution in [2.75, 3.05) is 5.73 Å². The van der Waals surface area contributed by atoms with Gasteiger partial charge in [0.1, 0.15) is 5.82 Å². The van der Waals surface area contributed by atoms with Gasteiger partial charge in [-0.15, -0.1) is 0 Å². The average molecular weight is 463 g/mol. The van der Waals surface area contributed by atoms with Gasteiger partial charge in [0.25, 0.3) is 0 Å². The molecule has 1 fully saturated rings. The number of rotatable bonds is 3. The second-order valence-electron chi connectivity index (χ2n) is 8.45. The summed E-state index contributed by atoms with van der Waals surface area (Å²) in [6.45, 7) is 3.86. The van der Waals surface area contributed by atoms with Gasteiger partial charge in [0.2, 0.25) is 0 Å². The minimum absolute atomic E-state index is 0.146. The maximum Gasteiger partial charge on any atom is 0.125 e. The summed E-state index contributed by atoms with van der Waals surface area (Å²) in [5.41, 5.74) is 11.5. The molecule has 0 saturated heterocycles. The smallest absolute Gasteiger partial charge is 0.125 e. The molecule has 2 aromatic carbocycles. The number of pyridine rings is 1. The predicted molar refractivity (Wildman–Crippen MR) is 124 cm³/mol. The van der Waals surface area contributed by atoms with Gasteiger partial charge in [-0.2, -0.15) is 5.10 Å². The Bertz CT molecular complexity index is 1270. The lowest BCUT2D eigenvalue weighted by molar-refractivity contribution is -0.0535. The minimum atomic E-state index is -0.619. The number of nitrogen functional groups attached to an aromatic ring is 1. The van der Waals surface area contributed by atoms with Gasteiger partial charge in [-0.05, 0) is 44.9 Å². The molecule has 1 aliphatic carbocycles. The fourth-order valence-corrected chi connectivity index (χ4v) is 4.78. The maximum absolute atomic E-state index is 10.1. The zero-order valence-electron chi connectivity index (χ0n) is 16.9. The summed E-state index contributed by atoms with van der Waals surface area (Å²) >= 11 is 3.62. The Labute approximate surface area is 183 Å². The molecule has 0 amide bonds. The first kappa shape index (κ1) is 19.3.